The zero-order chi connectivity index (χ0) is 18.0. The molecule has 24 heavy (non-hydrogen) atoms. The molecule has 0 aliphatic carbocycles. The molecule has 0 fully saturated rings. The number of pyridine rings is 1. The average Bonchev–Trinajstić information content (AvgIpc) is 2.53. The van der Waals surface area contributed by atoms with Crippen molar-refractivity contribution in [2.75, 3.05) is 31.7 Å². The van der Waals surface area contributed by atoms with E-state index in [1.54, 1.807) is 6.20 Å². The van der Waals surface area contributed by atoms with E-state index in [4.69, 9.17) is 14.2 Å². The van der Waals surface area contributed by atoms with Gasteiger partial charge >= 0.3 is 0 Å². The molecule has 6 nitrogen and oxygen atoms in total. The van der Waals surface area contributed by atoms with Gasteiger partial charge in [-0.3, -0.25) is 4.79 Å². The molecule has 1 heterocycles. The van der Waals surface area contributed by atoms with Gasteiger partial charge in [0.1, 0.15) is 12.2 Å². The van der Waals surface area contributed by atoms with Crippen LogP contribution in [0.15, 0.2) is 12.3 Å². The minimum Gasteiger partial charge on any atom is -0.475 e. The van der Waals surface area contributed by atoms with Crippen LogP contribution in [0.4, 0.5) is 5.69 Å². The van der Waals surface area contributed by atoms with Gasteiger partial charge in [0.05, 0.1) is 18.5 Å². The van der Waals surface area contributed by atoms with Crippen LogP contribution in [-0.2, 0) is 14.3 Å². The van der Waals surface area contributed by atoms with Crippen molar-refractivity contribution >= 4 is 11.6 Å². The van der Waals surface area contributed by atoms with Crippen molar-refractivity contribution in [1.29, 1.82) is 0 Å². The largest absolute Gasteiger partial charge is 0.475 e. The van der Waals surface area contributed by atoms with Crippen molar-refractivity contribution in [3.05, 3.63) is 17.8 Å². The van der Waals surface area contributed by atoms with Crippen LogP contribution in [0, 0.1) is 6.92 Å². The molecule has 0 saturated carbocycles. The topological polar surface area (TPSA) is 69.7 Å². The number of carbonyl (C=O) groups is 1. The lowest BCUT2D eigenvalue weighted by molar-refractivity contribution is -0.139. The summed E-state index contributed by atoms with van der Waals surface area (Å²) >= 11 is 0. The molecule has 0 saturated heterocycles. The number of rotatable bonds is 11. The monoisotopic (exact) mass is 338 g/mol. The molecule has 1 aromatic rings. The van der Waals surface area contributed by atoms with Crippen molar-refractivity contribution in [3.63, 3.8) is 0 Å². The van der Waals surface area contributed by atoms with E-state index in [1.165, 1.54) is 0 Å². The Morgan fingerprint density at radius 3 is 2.58 bits per heavy atom. The molecule has 136 valence electrons. The van der Waals surface area contributed by atoms with Crippen LogP contribution < -0.4 is 10.1 Å². The molecular formula is C18H30N2O4. The summed E-state index contributed by atoms with van der Waals surface area (Å²) in [5.41, 5.74) is 0.666. The maximum atomic E-state index is 12.5. The predicted octanol–water partition coefficient (Wildman–Crippen LogP) is 3.34. The van der Waals surface area contributed by atoms with E-state index in [0.29, 0.717) is 44.4 Å². The Morgan fingerprint density at radius 2 is 2.00 bits per heavy atom. The Labute approximate surface area is 144 Å². The van der Waals surface area contributed by atoms with Gasteiger partial charge in [0.2, 0.25) is 5.88 Å². The molecule has 1 atom stereocenters. The van der Waals surface area contributed by atoms with Crippen molar-refractivity contribution < 1.29 is 19.0 Å². The smallest absolute Gasteiger partial charge is 0.256 e. The van der Waals surface area contributed by atoms with Gasteiger partial charge in [-0.25, -0.2) is 4.98 Å². The molecule has 1 rings (SSSR count). The van der Waals surface area contributed by atoms with Crippen LogP contribution in [0.1, 0.15) is 46.1 Å². The predicted molar refractivity (Wildman–Crippen MR) is 94.5 cm³/mol. The number of hydrogen-bond acceptors (Lipinski definition) is 5. The number of aromatic nitrogens is 1. The summed E-state index contributed by atoms with van der Waals surface area (Å²) < 4.78 is 16.5. The number of aryl methyl sites for hydroxylation is 1. The molecular weight excluding hydrogens is 308 g/mol. The highest BCUT2D eigenvalue weighted by Gasteiger charge is 2.33. The fraction of sp³-hybridized carbons (Fsp3) is 0.667. The number of amides is 1. The Balaban J connectivity index is 2.70. The first-order valence-corrected chi connectivity index (χ1v) is 8.59. The van der Waals surface area contributed by atoms with Crippen LogP contribution in [0.3, 0.4) is 0 Å². The summed E-state index contributed by atoms with van der Waals surface area (Å²) in [5.74, 6) is 0.395. The average molecular weight is 338 g/mol. The van der Waals surface area contributed by atoms with E-state index in [2.05, 4.69) is 10.3 Å². The minimum absolute atomic E-state index is 0.155. The number of ether oxygens (including phenoxy) is 3. The highest BCUT2D eigenvalue weighted by atomic mass is 16.5. The standard InChI is InChI=1S/C18H30N2O4/c1-6-9-18(5,24-8-3)17(21)20-15-12-14(4)16(19-13-15)23-11-10-22-7-2/h12-13H,6-11H2,1-5H3,(H,20,21). The van der Waals surface area contributed by atoms with Gasteiger partial charge < -0.3 is 19.5 Å². The van der Waals surface area contributed by atoms with Crippen molar-refractivity contribution in [3.8, 4) is 5.88 Å². The molecule has 1 N–H and O–H groups in total. The summed E-state index contributed by atoms with van der Waals surface area (Å²) in [7, 11) is 0. The van der Waals surface area contributed by atoms with Crippen molar-refractivity contribution in [1.82, 2.24) is 4.98 Å². The molecule has 1 aromatic heterocycles. The molecule has 1 unspecified atom stereocenters. The highest BCUT2D eigenvalue weighted by Crippen LogP contribution is 2.23. The Bertz CT molecular complexity index is 514. The Kier molecular flexibility index (Phi) is 8.71. The second kappa shape index (κ2) is 10.3. The summed E-state index contributed by atoms with van der Waals surface area (Å²) in [6.07, 6.45) is 3.13. The molecule has 6 heteroatoms. The number of nitrogens with one attached hydrogen (secondary N) is 1. The molecule has 0 aliphatic rings. The molecule has 1 amide bonds. The maximum absolute atomic E-state index is 12.5. The Hall–Kier alpha value is -1.66. The second-order valence-corrected chi connectivity index (χ2v) is 5.76. The normalized spacial score (nSPS) is 13.4. The molecule has 0 spiro atoms. The van der Waals surface area contributed by atoms with Crippen molar-refractivity contribution in [2.45, 2.75) is 53.1 Å². The highest BCUT2D eigenvalue weighted by molar-refractivity contribution is 5.97. The zero-order valence-corrected chi connectivity index (χ0v) is 15.5. The SMILES string of the molecule is CCCC(C)(OCC)C(=O)Nc1cnc(OCCOCC)c(C)c1. The van der Waals surface area contributed by atoms with E-state index in [-0.39, 0.29) is 5.91 Å². The van der Waals surface area contributed by atoms with E-state index < -0.39 is 5.60 Å². The number of anilines is 1. The third-order valence-electron chi connectivity index (χ3n) is 3.63. The number of carbonyl (C=O) groups excluding carboxylic acids is 1. The van der Waals surface area contributed by atoms with Crippen LogP contribution in [0.2, 0.25) is 0 Å². The van der Waals surface area contributed by atoms with Crippen LogP contribution in [0.5, 0.6) is 5.88 Å². The third kappa shape index (κ3) is 6.09. The lowest BCUT2D eigenvalue weighted by atomic mass is 9.99. The molecule has 0 radical (unpaired) electrons. The van der Waals surface area contributed by atoms with E-state index >= 15 is 0 Å². The van der Waals surface area contributed by atoms with E-state index in [0.717, 1.165) is 12.0 Å². The van der Waals surface area contributed by atoms with Gasteiger partial charge in [0.25, 0.3) is 5.91 Å². The van der Waals surface area contributed by atoms with Crippen LogP contribution in [-0.4, -0.2) is 42.9 Å². The van der Waals surface area contributed by atoms with E-state index in [9.17, 15) is 4.79 Å². The van der Waals surface area contributed by atoms with Crippen molar-refractivity contribution in [2.24, 2.45) is 0 Å². The van der Waals surface area contributed by atoms with Gasteiger partial charge in [-0.15, -0.1) is 0 Å². The van der Waals surface area contributed by atoms with Gasteiger partial charge in [0, 0.05) is 18.8 Å². The summed E-state index contributed by atoms with van der Waals surface area (Å²) in [6.45, 7) is 11.7. The van der Waals surface area contributed by atoms with Gasteiger partial charge in [-0.05, 0) is 40.2 Å². The van der Waals surface area contributed by atoms with Crippen LogP contribution in [0.25, 0.3) is 0 Å². The lowest BCUT2D eigenvalue weighted by Crippen LogP contribution is -2.42. The summed E-state index contributed by atoms with van der Waals surface area (Å²) in [4.78, 5) is 16.8. The van der Waals surface area contributed by atoms with Crippen LogP contribution >= 0.6 is 0 Å². The summed E-state index contributed by atoms with van der Waals surface area (Å²) in [6, 6.07) is 1.85. The number of hydrogen-bond donors (Lipinski definition) is 1. The Morgan fingerprint density at radius 1 is 1.25 bits per heavy atom. The van der Waals surface area contributed by atoms with E-state index in [1.807, 2.05) is 40.7 Å². The molecule has 0 aliphatic heterocycles. The first-order valence-electron chi connectivity index (χ1n) is 8.59. The molecule has 0 bridgehead atoms. The van der Waals surface area contributed by atoms with Gasteiger partial charge in [-0.2, -0.15) is 0 Å². The quantitative estimate of drug-likeness (QED) is 0.627. The third-order valence-corrected chi connectivity index (χ3v) is 3.63. The number of nitrogens with zero attached hydrogens (tertiary/aromatic N) is 1. The second-order valence-electron chi connectivity index (χ2n) is 5.76. The molecule has 0 aromatic carbocycles. The summed E-state index contributed by atoms with van der Waals surface area (Å²) in [5, 5.41) is 2.89. The lowest BCUT2D eigenvalue weighted by Gasteiger charge is -2.27. The fourth-order valence-corrected chi connectivity index (χ4v) is 2.43. The van der Waals surface area contributed by atoms with Gasteiger partial charge in [0.15, 0.2) is 0 Å². The minimum atomic E-state index is -0.829. The van der Waals surface area contributed by atoms with Gasteiger partial charge in [-0.1, -0.05) is 13.3 Å². The zero-order valence-electron chi connectivity index (χ0n) is 15.5. The first kappa shape index (κ1) is 20.4. The first-order chi connectivity index (χ1) is 11.5. The maximum Gasteiger partial charge on any atom is 0.256 e. The fourth-order valence-electron chi connectivity index (χ4n) is 2.43.